The molecule has 2 fully saturated rings. The van der Waals surface area contributed by atoms with Crippen LogP contribution in [0.15, 0.2) is 0 Å². The molecule has 1 saturated carbocycles. The van der Waals surface area contributed by atoms with Crippen molar-refractivity contribution in [1.29, 1.82) is 0 Å². The number of hydrogen-bond donors (Lipinski definition) is 0. The van der Waals surface area contributed by atoms with Gasteiger partial charge >= 0.3 is 0 Å². The second kappa shape index (κ2) is 6.68. The van der Waals surface area contributed by atoms with E-state index in [-0.39, 0.29) is 12.0 Å². The number of morpholine rings is 1. The molecule has 5 heteroatoms. The number of likely N-dealkylation sites (N-methyl/N-ethyl adjacent to an activating group) is 2. The van der Waals surface area contributed by atoms with E-state index in [4.69, 9.17) is 4.74 Å². The third kappa shape index (κ3) is 5.09. The van der Waals surface area contributed by atoms with Gasteiger partial charge in [0.25, 0.3) is 0 Å². The van der Waals surface area contributed by atoms with Crippen molar-refractivity contribution in [2.24, 2.45) is 5.92 Å². The standard InChI is InChI=1S/C14H27N3O2/c1-15(2)11-14(18)17-6-7-19-13(10-17)9-16(3)8-12-4-5-12/h12-13H,4-11H2,1-3H3/t13-/m0/s1. The number of carbonyl (C=O) groups is 1. The first kappa shape index (κ1) is 14.8. The van der Waals surface area contributed by atoms with Crippen molar-refractivity contribution < 1.29 is 9.53 Å². The van der Waals surface area contributed by atoms with Crippen LogP contribution in [0.4, 0.5) is 0 Å². The van der Waals surface area contributed by atoms with E-state index in [2.05, 4.69) is 11.9 Å². The van der Waals surface area contributed by atoms with E-state index in [0.717, 1.165) is 25.6 Å². The first-order valence-corrected chi connectivity index (χ1v) is 7.27. The summed E-state index contributed by atoms with van der Waals surface area (Å²) in [6.45, 7) is 4.73. The van der Waals surface area contributed by atoms with Gasteiger partial charge in [0.15, 0.2) is 0 Å². The number of ether oxygens (including phenoxy) is 1. The highest BCUT2D eigenvalue weighted by molar-refractivity contribution is 5.78. The van der Waals surface area contributed by atoms with Crippen molar-refractivity contribution in [3.63, 3.8) is 0 Å². The predicted octanol–water partition coefficient (Wildman–Crippen LogP) is 0.117. The van der Waals surface area contributed by atoms with Crippen LogP contribution in [0.25, 0.3) is 0 Å². The van der Waals surface area contributed by atoms with Gasteiger partial charge in [-0.15, -0.1) is 0 Å². The Balaban J connectivity index is 1.74. The van der Waals surface area contributed by atoms with E-state index in [1.54, 1.807) is 0 Å². The second-order valence-corrected chi connectivity index (χ2v) is 6.23. The molecule has 1 saturated heterocycles. The number of nitrogens with zero attached hydrogens (tertiary/aromatic N) is 3. The van der Waals surface area contributed by atoms with Crippen molar-refractivity contribution in [3.8, 4) is 0 Å². The van der Waals surface area contributed by atoms with E-state index in [1.165, 1.54) is 19.4 Å². The summed E-state index contributed by atoms with van der Waals surface area (Å²) in [4.78, 5) is 18.3. The summed E-state index contributed by atoms with van der Waals surface area (Å²) >= 11 is 0. The Morgan fingerprint density at radius 3 is 2.63 bits per heavy atom. The second-order valence-electron chi connectivity index (χ2n) is 6.23. The van der Waals surface area contributed by atoms with Crippen LogP contribution in [0.1, 0.15) is 12.8 Å². The van der Waals surface area contributed by atoms with Crippen molar-refractivity contribution >= 4 is 5.91 Å². The normalized spacial score (nSPS) is 24.3. The van der Waals surface area contributed by atoms with Crippen LogP contribution in [-0.2, 0) is 9.53 Å². The van der Waals surface area contributed by atoms with Crippen molar-refractivity contribution in [3.05, 3.63) is 0 Å². The van der Waals surface area contributed by atoms with Crippen LogP contribution in [0.5, 0.6) is 0 Å². The molecular formula is C14H27N3O2. The molecule has 0 N–H and O–H groups in total. The number of amides is 1. The Labute approximate surface area is 116 Å². The summed E-state index contributed by atoms with van der Waals surface area (Å²) in [7, 11) is 6.01. The minimum Gasteiger partial charge on any atom is -0.373 e. The van der Waals surface area contributed by atoms with Crippen LogP contribution in [-0.4, -0.2) is 87.2 Å². The molecule has 0 bridgehead atoms. The summed E-state index contributed by atoms with van der Waals surface area (Å²) in [5.41, 5.74) is 0. The third-order valence-corrected chi connectivity index (χ3v) is 3.73. The Kier molecular flexibility index (Phi) is 5.19. The first-order chi connectivity index (χ1) is 9.04. The molecular weight excluding hydrogens is 242 g/mol. The molecule has 0 radical (unpaired) electrons. The highest BCUT2D eigenvalue weighted by Crippen LogP contribution is 2.29. The van der Waals surface area contributed by atoms with Crippen molar-refractivity contribution in [1.82, 2.24) is 14.7 Å². The highest BCUT2D eigenvalue weighted by Gasteiger charge is 2.27. The molecule has 1 aliphatic carbocycles. The van der Waals surface area contributed by atoms with Crippen LogP contribution >= 0.6 is 0 Å². The smallest absolute Gasteiger partial charge is 0.236 e. The maximum Gasteiger partial charge on any atom is 0.236 e. The Hall–Kier alpha value is -0.650. The van der Waals surface area contributed by atoms with Gasteiger partial charge in [0.1, 0.15) is 0 Å². The predicted molar refractivity (Wildman–Crippen MR) is 75.1 cm³/mol. The fraction of sp³-hybridized carbons (Fsp3) is 0.929. The summed E-state index contributed by atoms with van der Waals surface area (Å²) in [6, 6.07) is 0. The lowest BCUT2D eigenvalue weighted by Crippen LogP contribution is -2.51. The molecule has 5 nitrogen and oxygen atoms in total. The van der Waals surface area contributed by atoms with Crippen LogP contribution in [0.3, 0.4) is 0 Å². The van der Waals surface area contributed by atoms with E-state index < -0.39 is 0 Å². The Morgan fingerprint density at radius 2 is 2.00 bits per heavy atom. The monoisotopic (exact) mass is 269 g/mol. The fourth-order valence-electron chi connectivity index (χ4n) is 2.59. The van der Waals surface area contributed by atoms with Gasteiger partial charge < -0.3 is 19.4 Å². The van der Waals surface area contributed by atoms with Gasteiger partial charge in [-0.3, -0.25) is 4.79 Å². The molecule has 2 aliphatic rings. The van der Waals surface area contributed by atoms with Gasteiger partial charge in [0.2, 0.25) is 5.91 Å². The van der Waals surface area contributed by atoms with Crippen LogP contribution in [0, 0.1) is 5.92 Å². The minimum absolute atomic E-state index is 0.170. The topological polar surface area (TPSA) is 36.0 Å². The molecule has 1 heterocycles. The molecule has 110 valence electrons. The van der Waals surface area contributed by atoms with Gasteiger partial charge in [0, 0.05) is 26.2 Å². The van der Waals surface area contributed by atoms with E-state index in [9.17, 15) is 4.79 Å². The summed E-state index contributed by atoms with van der Waals surface area (Å²) in [5, 5.41) is 0. The zero-order valence-corrected chi connectivity index (χ0v) is 12.5. The van der Waals surface area contributed by atoms with Gasteiger partial charge in [-0.1, -0.05) is 0 Å². The average Bonchev–Trinajstić information content (AvgIpc) is 3.12. The maximum absolute atomic E-state index is 12.0. The molecule has 1 aliphatic heterocycles. The van der Waals surface area contributed by atoms with Gasteiger partial charge in [-0.05, 0) is 39.9 Å². The van der Waals surface area contributed by atoms with Crippen molar-refractivity contribution in [2.45, 2.75) is 18.9 Å². The molecule has 0 aromatic carbocycles. The average molecular weight is 269 g/mol. The van der Waals surface area contributed by atoms with Gasteiger partial charge in [0.05, 0.1) is 19.3 Å². The first-order valence-electron chi connectivity index (χ1n) is 7.27. The zero-order valence-electron chi connectivity index (χ0n) is 12.5. The molecule has 0 spiro atoms. The summed E-state index contributed by atoms with van der Waals surface area (Å²) < 4.78 is 5.79. The molecule has 1 amide bonds. The van der Waals surface area contributed by atoms with E-state index >= 15 is 0 Å². The number of carbonyl (C=O) groups excluding carboxylic acids is 1. The molecule has 0 unspecified atom stereocenters. The third-order valence-electron chi connectivity index (χ3n) is 3.73. The maximum atomic E-state index is 12.0. The number of hydrogen-bond acceptors (Lipinski definition) is 4. The largest absolute Gasteiger partial charge is 0.373 e. The lowest BCUT2D eigenvalue weighted by molar-refractivity contribution is -0.140. The molecule has 19 heavy (non-hydrogen) atoms. The minimum atomic E-state index is 0.170. The molecule has 0 aromatic heterocycles. The summed E-state index contributed by atoms with van der Waals surface area (Å²) in [5.74, 6) is 1.11. The SMILES string of the molecule is CN(C)CC(=O)N1CCO[C@@H](CN(C)CC2CC2)C1. The van der Waals surface area contributed by atoms with Crippen LogP contribution in [0.2, 0.25) is 0 Å². The fourth-order valence-corrected chi connectivity index (χ4v) is 2.59. The molecule has 0 aromatic rings. The van der Waals surface area contributed by atoms with Crippen LogP contribution < -0.4 is 0 Å². The highest BCUT2D eigenvalue weighted by atomic mass is 16.5. The quantitative estimate of drug-likeness (QED) is 0.686. The molecule has 1 atom stereocenters. The zero-order chi connectivity index (χ0) is 13.8. The van der Waals surface area contributed by atoms with E-state index in [1.807, 2.05) is 23.9 Å². The van der Waals surface area contributed by atoms with Gasteiger partial charge in [-0.2, -0.15) is 0 Å². The lowest BCUT2D eigenvalue weighted by atomic mass is 10.2. The van der Waals surface area contributed by atoms with E-state index in [0.29, 0.717) is 13.2 Å². The van der Waals surface area contributed by atoms with Gasteiger partial charge in [-0.25, -0.2) is 0 Å². The Bertz CT molecular complexity index is 305. The lowest BCUT2D eigenvalue weighted by Gasteiger charge is -2.35. The molecule has 2 rings (SSSR count). The number of rotatable bonds is 6. The van der Waals surface area contributed by atoms with Crippen molar-refractivity contribution in [2.75, 3.05) is 60.5 Å². The summed E-state index contributed by atoms with van der Waals surface area (Å²) in [6.07, 6.45) is 2.93. The Morgan fingerprint density at radius 1 is 1.26 bits per heavy atom.